The third-order valence-electron chi connectivity index (χ3n) is 3.73. The summed E-state index contributed by atoms with van der Waals surface area (Å²) in [5.74, 6) is -0.192. The zero-order chi connectivity index (χ0) is 14.8. The van der Waals surface area contributed by atoms with Crippen LogP contribution in [0.5, 0.6) is 0 Å². The fourth-order valence-electron chi connectivity index (χ4n) is 2.63. The Balaban J connectivity index is 1.59. The lowest BCUT2D eigenvalue weighted by Crippen LogP contribution is -2.16. The van der Waals surface area contributed by atoms with Crippen molar-refractivity contribution < 1.29 is 4.39 Å². The minimum atomic E-state index is -0.192. The van der Waals surface area contributed by atoms with Crippen LogP contribution in [-0.4, -0.2) is 21.3 Å². The summed E-state index contributed by atoms with van der Waals surface area (Å²) in [5.41, 5.74) is 4.39. The van der Waals surface area contributed by atoms with Gasteiger partial charge in [0.1, 0.15) is 5.82 Å². The van der Waals surface area contributed by atoms with Gasteiger partial charge in [-0.1, -0.05) is 0 Å². The summed E-state index contributed by atoms with van der Waals surface area (Å²) in [7, 11) is 1.93. The van der Waals surface area contributed by atoms with Gasteiger partial charge in [-0.25, -0.2) is 4.39 Å². The van der Waals surface area contributed by atoms with E-state index in [2.05, 4.69) is 15.4 Å². The first-order valence-corrected chi connectivity index (χ1v) is 7.09. The standard InChI is InChI=1S/C16H19FN4/c1-11-13(10-21(2)20-11)8-18-6-5-12-9-19-16-4-3-14(17)7-15(12)16/h3-4,7,9-10,18-19H,5-6,8H2,1-2H3. The molecular weight excluding hydrogens is 267 g/mol. The number of rotatable bonds is 5. The molecule has 3 rings (SSSR count). The molecule has 5 heteroatoms. The predicted molar refractivity (Wildman–Crippen MR) is 81.6 cm³/mol. The molecule has 0 bridgehead atoms. The Morgan fingerprint density at radius 3 is 2.95 bits per heavy atom. The van der Waals surface area contributed by atoms with Crippen molar-refractivity contribution in [1.29, 1.82) is 0 Å². The summed E-state index contributed by atoms with van der Waals surface area (Å²) in [6.45, 7) is 3.66. The largest absolute Gasteiger partial charge is 0.361 e. The van der Waals surface area contributed by atoms with Gasteiger partial charge in [-0.3, -0.25) is 4.68 Å². The second kappa shape index (κ2) is 5.69. The predicted octanol–water partition coefficient (Wildman–Crippen LogP) is 2.68. The third-order valence-corrected chi connectivity index (χ3v) is 3.73. The van der Waals surface area contributed by atoms with E-state index >= 15 is 0 Å². The molecule has 2 aromatic heterocycles. The van der Waals surface area contributed by atoms with Crippen LogP contribution in [0, 0.1) is 12.7 Å². The molecule has 0 aliphatic rings. The van der Waals surface area contributed by atoms with Crippen LogP contribution < -0.4 is 5.32 Å². The molecule has 0 atom stereocenters. The van der Waals surface area contributed by atoms with Crippen molar-refractivity contribution >= 4 is 10.9 Å². The van der Waals surface area contributed by atoms with Crippen LogP contribution in [0.2, 0.25) is 0 Å². The van der Waals surface area contributed by atoms with Crippen molar-refractivity contribution in [2.75, 3.05) is 6.54 Å². The molecule has 0 unspecified atom stereocenters. The summed E-state index contributed by atoms with van der Waals surface area (Å²) in [6.07, 6.45) is 4.85. The van der Waals surface area contributed by atoms with Crippen LogP contribution in [0.4, 0.5) is 4.39 Å². The number of halogens is 1. The summed E-state index contributed by atoms with van der Waals surface area (Å²) < 4.78 is 15.1. The molecule has 0 aliphatic heterocycles. The highest BCUT2D eigenvalue weighted by atomic mass is 19.1. The van der Waals surface area contributed by atoms with Crippen molar-refractivity contribution in [3.63, 3.8) is 0 Å². The molecule has 0 fully saturated rings. The molecule has 0 radical (unpaired) electrons. The van der Waals surface area contributed by atoms with E-state index in [0.29, 0.717) is 0 Å². The molecule has 0 spiro atoms. The maximum absolute atomic E-state index is 13.3. The van der Waals surface area contributed by atoms with E-state index in [0.717, 1.165) is 41.7 Å². The van der Waals surface area contributed by atoms with Gasteiger partial charge in [0.15, 0.2) is 0 Å². The number of aromatic nitrogens is 3. The molecule has 0 saturated heterocycles. The quantitative estimate of drug-likeness (QED) is 0.708. The number of benzene rings is 1. The van der Waals surface area contributed by atoms with Crippen LogP contribution in [0.1, 0.15) is 16.8 Å². The van der Waals surface area contributed by atoms with Crippen molar-refractivity contribution in [2.24, 2.45) is 7.05 Å². The SMILES string of the molecule is Cc1nn(C)cc1CNCCc1c[nH]c2ccc(F)cc12. The number of hydrogen-bond donors (Lipinski definition) is 2. The number of aromatic amines is 1. The fraction of sp³-hybridized carbons (Fsp3) is 0.312. The van der Waals surface area contributed by atoms with Gasteiger partial charge in [0.05, 0.1) is 5.69 Å². The Kier molecular flexibility index (Phi) is 3.75. The highest BCUT2D eigenvalue weighted by Crippen LogP contribution is 2.19. The van der Waals surface area contributed by atoms with Crippen molar-refractivity contribution in [1.82, 2.24) is 20.1 Å². The van der Waals surface area contributed by atoms with Crippen molar-refractivity contribution in [3.8, 4) is 0 Å². The van der Waals surface area contributed by atoms with E-state index in [-0.39, 0.29) is 5.82 Å². The summed E-state index contributed by atoms with van der Waals surface area (Å²) in [5, 5.41) is 8.70. The number of H-pyrrole nitrogens is 1. The lowest BCUT2D eigenvalue weighted by molar-refractivity contribution is 0.629. The van der Waals surface area contributed by atoms with E-state index in [9.17, 15) is 4.39 Å². The smallest absolute Gasteiger partial charge is 0.123 e. The van der Waals surface area contributed by atoms with Gasteiger partial charge in [0, 0.05) is 42.5 Å². The lowest BCUT2D eigenvalue weighted by atomic mass is 10.1. The van der Waals surface area contributed by atoms with E-state index in [1.54, 1.807) is 12.1 Å². The van der Waals surface area contributed by atoms with Gasteiger partial charge in [0.2, 0.25) is 0 Å². The van der Waals surface area contributed by atoms with Crippen molar-refractivity contribution in [2.45, 2.75) is 19.9 Å². The van der Waals surface area contributed by atoms with Crippen LogP contribution >= 0.6 is 0 Å². The average Bonchev–Trinajstić information content (AvgIpc) is 2.98. The van der Waals surface area contributed by atoms with E-state index in [1.807, 2.05) is 31.0 Å². The second-order valence-electron chi connectivity index (χ2n) is 5.34. The molecule has 2 N–H and O–H groups in total. The van der Waals surface area contributed by atoms with Gasteiger partial charge in [-0.2, -0.15) is 5.10 Å². The first-order chi connectivity index (χ1) is 10.1. The monoisotopic (exact) mass is 286 g/mol. The number of hydrogen-bond acceptors (Lipinski definition) is 2. The molecule has 110 valence electrons. The van der Waals surface area contributed by atoms with Gasteiger partial charge in [0.25, 0.3) is 0 Å². The van der Waals surface area contributed by atoms with Crippen LogP contribution in [0.25, 0.3) is 10.9 Å². The van der Waals surface area contributed by atoms with E-state index in [1.165, 1.54) is 11.6 Å². The molecule has 4 nitrogen and oxygen atoms in total. The van der Waals surface area contributed by atoms with Gasteiger partial charge < -0.3 is 10.3 Å². The van der Waals surface area contributed by atoms with Crippen LogP contribution in [0.3, 0.4) is 0 Å². The first kappa shape index (κ1) is 13.8. The lowest BCUT2D eigenvalue weighted by Gasteiger charge is -2.03. The highest BCUT2D eigenvalue weighted by molar-refractivity contribution is 5.83. The third kappa shape index (κ3) is 2.97. The van der Waals surface area contributed by atoms with Crippen molar-refractivity contribution in [3.05, 3.63) is 53.2 Å². The Labute approximate surface area is 123 Å². The number of nitrogens with zero attached hydrogens (tertiary/aromatic N) is 2. The molecule has 0 saturated carbocycles. The number of fused-ring (bicyclic) bond motifs is 1. The normalized spacial score (nSPS) is 11.4. The molecular formula is C16H19FN4. The second-order valence-corrected chi connectivity index (χ2v) is 5.34. The molecule has 21 heavy (non-hydrogen) atoms. The molecule has 1 aromatic carbocycles. The summed E-state index contributed by atoms with van der Waals surface area (Å²) >= 11 is 0. The Bertz CT molecular complexity index is 757. The Morgan fingerprint density at radius 2 is 2.19 bits per heavy atom. The minimum Gasteiger partial charge on any atom is -0.361 e. The maximum Gasteiger partial charge on any atom is 0.123 e. The van der Waals surface area contributed by atoms with Gasteiger partial charge >= 0.3 is 0 Å². The number of nitrogens with one attached hydrogen (secondary N) is 2. The zero-order valence-electron chi connectivity index (χ0n) is 12.3. The molecule has 2 heterocycles. The fourth-order valence-corrected chi connectivity index (χ4v) is 2.63. The van der Waals surface area contributed by atoms with Crippen LogP contribution in [0.15, 0.2) is 30.6 Å². The Morgan fingerprint density at radius 1 is 1.33 bits per heavy atom. The molecule has 0 amide bonds. The topological polar surface area (TPSA) is 45.6 Å². The van der Waals surface area contributed by atoms with E-state index in [4.69, 9.17) is 0 Å². The zero-order valence-corrected chi connectivity index (χ0v) is 12.3. The minimum absolute atomic E-state index is 0.192. The van der Waals surface area contributed by atoms with Crippen LogP contribution in [-0.2, 0) is 20.0 Å². The van der Waals surface area contributed by atoms with E-state index < -0.39 is 0 Å². The average molecular weight is 286 g/mol. The number of aryl methyl sites for hydroxylation is 2. The highest BCUT2D eigenvalue weighted by Gasteiger charge is 2.05. The first-order valence-electron chi connectivity index (χ1n) is 7.09. The molecule has 0 aliphatic carbocycles. The van der Waals surface area contributed by atoms with Gasteiger partial charge in [-0.15, -0.1) is 0 Å². The molecule has 3 aromatic rings. The maximum atomic E-state index is 13.3. The summed E-state index contributed by atoms with van der Waals surface area (Å²) in [6, 6.07) is 4.85. The Hall–Kier alpha value is -2.14. The summed E-state index contributed by atoms with van der Waals surface area (Å²) in [4.78, 5) is 3.18. The van der Waals surface area contributed by atoms with Gasteiger partial charge in [-0.05, 0) is 43.7 Å².